The summed E-state index contributed by atoms with van der Waals surface area (Å²) in [6.45, 7) is 4.61. The van der Waals surface area contributed by atoms with Gasteiger partial charge in [-0.05, 0) is 13.0 Å². The van der Waals surface area contributed by atoms with Crippen LogP contribution in [0.4, 0.5) is 0 Å². The minimum atomic E-state index is -2.01. The molecule has 58 valence electrons. The number of nitrogens with one attached hydrogen (secondary N) is 1. The van der Waals surface area contributed by atoms with Crippen molar-refractivity contribution in [2.45, 2.75) is 12.3 Å². The van der Waals surface area contributed by atoms with Crippen molar-refractivity contribution in [1.29, 1.82) is 0 Å². The fourth-order valence-electron chi connectivity index (χ4n) is 0.310. The Hall–Kier alpha value is -0.680. The van der Waals surface area contributed by atoms with Crippen molar-refractivity contribution in [1.82, 2.24) is 5.32 Å². The van der Waals surface area contributed by atoms with E-state index in [9.17, 15) is 9.00 Å². The molecule has 2 unspecified atom stereocenters. The third-order valence-corrected chi connectivity index (χ3v) is 1.56. The molecule has 10 heavy (non-hydrogen) atoms. The van der Waals surface area contributed by atoms with E-state index in [2.05, 4.69) is 11.9 Å². The van der Waals surface area contributed by atoms with Crippen molar-refractivity contribution >= 4 is 17.0 Å². The Kier molecular flexibility index (Phi) is 3.90. The summed E-state index contributed by atoms with van der Waals surface area (Å²) in [6.07, 6.45) is 1.04. The van der Waals surface area contributed by atoms with E-state index in [0.717, 1.165) is 6.08 Å². The number of hydrogen-bond acceptors (Lipinski definition) is 2. The summed E-state index contributed by atoms with van der Waals surface area (Å²) in [4.78, 5) is 10.5. The third kappa shape index (κ3) is 3.37. The molecule has 0 aliphatic rings. The SMILES string of the molecule is C=CC(=O)NC(C)S(=O)O. The van der Waals surface area contributed by atoms with Crippen LogP contribution in [0.1, 0.15) is 6.92 Å². The summed E-state index contributed by atoms with van der Waals surface area (Å²) < 4.78 is 18.6. The molecule has 0 spiro atoms. The van der Waals surface area contributed by atoms with Gasteiger partial charge in [0.15, 0.2) is 11.1 Å². The van der Waals surface area contributed by atoms with Gasteiger partial charge in [-0.3, -0.25) is 4.79 Å². The zero-order chi connectivity index (χ0) is 8.15. The molecule has 0 aromatic carbocycles. The molecule has 0 saturated carbocycles. The number of carbonyl (C=O) groups is 1. The predicted molar refractivity (Wildman–Crippen MR) is 38.6 cm³/mol. The Labute approximate surface area is 61.6 Å². The Balaban J connectivity index is 3.79. The number of carbonyl (C=O) groups excluding carboxylic acids is 1. The van der Waals surface area contributed by atoms with E-state index in [1.54, 1.807) is 0 Å². The maximum atomic E-state index is 10.5. The monoisotopic (exact) mass is 163 g/mol. The summed E-state index contributed by atoms with van der Waals surface area (Å²) in [7, 11) is 0. The van der Waals surface area contributed by atoms with E-state index in [1.807, 2.05) is 0 Å². The van der Waals surface area contributed by atoms with Gasteiger partial charge < -0.3 is 9.87 Å². The quantitative estimate of drug-likeness (QED) is 0.449. The highest BCUT2D eigenvalue weighted by Crippen LogP contribution is 1.85. The van der Waals surface area contributed by atoms with Crippen molar-refractivity contribution in [3.8, 4) is 0 Å². The summed E-state index contributed by atoms with van der Waals surface area (Å²) in [6, 6.07) is 0. The lowest BCUT2D eigenvalue weighted by Crippen LogP contribution is -2.34. The van der Waals surface area contributed by atoms with E-state index >= 15 is 0 Å². The molecule has 2 atom stereocenters. The summed E-state index contributed by atoms with van der Waals surface area (Å²) in [5.41, 5.74) is 0. The fraction of sp³-hybridized carbons (Fsp3) is 0.400. The van der Waals surface area contributed by atoms with Crippen molar-refractivity contribution in [3.63, 3.8) is 0 Å². The first-order valence-electron chi connectivity index (χ1n) is 2.60. The van der Waals surface area contributed by atoms with Crippen LogP contribution in [0.3, 0.4) is 0 Å². The molecule has 0 rings (SSSR count). The lowest BCUT2D eigenvalue weighted by atomic mass is 10.5. The van der Waals surface area contributed by atoms with Crippen molar-refractivity contribution in [3.05, 3.63) is 12.7 Å². The first-order valence-corrected chi connectivity index (χ1v) is 3.77. The lowest BCUT2D eigenvalue weighted by molar-refractivity contribution is -0.116. The first kappa shape index (κ1) is 9.32. The normalized spacial score (nSPS) is 15.4. The van der Waals surface area contributed by atoms with Crippen LogP contribution in [0.15, 0.2) is 12.7 Å². The Bertz CT molecular complexity index is 168. The van der Waals surface area contributed by atoms with Gasteiger partial charge in [0.1, 0.15) is 5.37 Å². The highest BCUT2D eigenvalue weighted by molar-refractivity contribution is 7.79. The Morgan fingerprint density at radius 1 is 1.90 bits per heavy atom. The van der Waals surface area contributed by atoms with Crippen LogP contribution in [0.2, 0.25) is 0 Å². The lowest BCUT2D eigenvalue weighted by Gasteiger charge is -2.05. The molecule has 0 fully saturated rings. The van der Waals surface area contributed by atoms with Crippen LogP contribution in [0.5, 0.6) is 0 Å². The van der Waals surface area contributed by atoms with Gasteiger partial charge in [-0.25, -0.2) is 4.21 Å². The van der Waals surface area contributed by atoms with Crippen molar-refractivity contribution in [2.24, 2.45) is 0 Å². The minimum Gasteiger partial charge on any atom is -0.336 e. The van der Waals surface area contributed by atoms with Crippen LogP contribution in [0.25, 0.3) is 0 Å². The second kappa shape index (κ2) is 4.19. The molecule has 0 radical (unpaired) electrons. The van der Waals surface area contributed by atoms with Gasteiger partial charge in [-0.1, -0.05) is 6.58 Å². The van der Waals surface area contributed by atoms with Gasteiger partial charge in [0.05, 0.1) is 0 Å². The molecule has 0 aliphatic heterocycles. The molecular weight excluding hydrogens is 154 g/mol. The van der Waals surface area contributed by atoms with Crippen LogP contribution < -0.4 is 5.32 Å². The van der Waals surface area contributed by atoms with Crippen molar-refractivity contribution in [2.75, 3.05) is 0 Å². The average molecular weight is 163 g/mol. The van der Waals surface area contributed by atoms with Crippen molar-refractivity contribution < 1.29 is 13.6 Å². The minimum absolute atomic E-state index is 0.449. The third-order valence-electron chi connectivity index (χ3n) is 0.833. The van der Waals surface area contributed by atoms with E-state index < -0.39 is 22.4 Å². The van der Waals surface area contributed by atoms with Crippen LogP contribution in [0, 0.1) is 0 Å². The number of amides is 1. The summed E-state index contributed by atoms with van der Waals surface area (Å²) in [5, 5.41) is 1.48. The van der Waals surface area contributed by atoms with Gasteiger partial charge in [0.25, 0.3) is 0 Å². The number of rotatable bonds is 3. The van der Waals surface area contributed by atoms with E-state index in [4.69, 9.17) is 4.55 Å². The van der Waals surface area contributed by atoms with Gasteiger partial charge >= 0.3 is 0 Å². The molecule has 0 saturated heterocycles. The predicted octanol–water partition coefficient (Wildman–Crippen LogP) is -0.144. The topological polar surface area (TPSA) is 66.4 Å². The molecule has 0 bridgehead atoms. The Morgan fingerprint density at radius 2 is 2.40 bits per heavy atom. The fourth-order valence-corrected chi connectivity index (χ4v) is 0.527. The highest BCUT2D eigenvalue weighted by Gasteiger charge is 2.08. The number of hydrogen-bond donors (Lipinski definition) is 2. The van der Waals surface area contributed by atoms with Crippen LogP contribution in [-0.2, 0) is 15.9 Å². The van der Waals surface area contributed by atoms with Gasteiger partial charge in [-0.15, -0.1) is 0 Å². The van der Waals surface area contributed by atoms with Crippen LogP contribution in [-0.4, -0.2) is 20.0 Å². The molecule has 4 nitrogen and oxygen atoms in total. The van der Waals surface area contributed by atoms with Gasteiger partial charge in [0.2, 0.25) is 5.91 Å². The Morgan fingerprint density at radius 3 is 2.70 bits per heavy atom. The standard InChI is InChI=1S/C5H9NO3S/c1-3-5(7)6-4(2)10(8)9/h3-4H,1H2,2H3,(H,6,7)(H,8,9). The van der Waals surface area contributed by atoms with Gasteiger partial charge in [0, 0.05) is 0 Å². The van der Waals surface area contributed by atoms with Gasteiger partial charge in [-0.2, -0.15) is 0 Å². The molecular formula is C5H9NO3S. The van der Waals surface area contributed by atoms with E-state index in [1.165, 1.54) is 6.92 Å². The molecule has 1 amide bonds. The first-order chi connectivity index (χ1) is 4.57. The molecule has 5 heteroatoms. The second-order valence-electron chi connectivity index (χ2n) is 1.63. The highest BCUT2D eigenvalue weighted by atomic mass is 32.2. The smallest absolute Gasteiger partial charge is 0.244 e. The van der Waals surface area contributed by atoms with Crippen LogP contribution >= 0.6 is 0 Å². The maximum Gasteiger partial charge on any atom is 0.244 e. The zero-order valence-corrected chi connectivity index (χ0v) is 6.35. The molecule has 0 aromatic heterocycles. The van der Waals surface area contributed by atoms with E-state index in [0.29, 0.717) is 0 Å². The summed E-state index contributed by atoms with van der Waals surface area (Å²) in [5.74, 6) is -0.449. The summed E-state index contributed by atoms with van der Waals surface area (Å²) >= 11 is -2.01. The molecule has 0 aromatic rings. The second-order valence-corrected chi connectivity index (χ2v) is 2.89. The largest absolute Gasteiger partial charge is 0.336 e. The molecule has 2 N–H and O–H groups in total. The molecule has 0 heterocycles. The van der Waals surface area contributed by atoms with E-state index in [-0.39, 0.29) is 0 Å². The maximum absolute atomic E-state index is 10.5. The average Bonchev–Trinajstić information content (AvgIpc) is 1.87. The zero-order valence-electron chi connectivity index (χ0n) is 5.53. The molecule has 0 aliphatic carbocycles.